The average molecular weight is 381 g/mol. The summed E-state index contributed by atoms with van der Waals surface area (Å²) in [6, 6.07) is 8.46. The molecule has 0 radical (unpaired) electrons. The molecule has 1 nitrogen and oxygen atoms in total. The predicted octanol–water partition coefficient (Wildman–Crippen LogP) is 7.32. The van der Waals surface area contributed by atoms with Crippen molar-refractivity contribution in [1.29, 1.82) is 0 Å². The largest absolute Gasteiger partial charge is 0.375 e. The van der Waals surface area contributed by atoms with Crippen molar-refractivity contribution in [3.8, 4) is 12.3 Å². The first kappa shape index (κ1) is 21.4. The third-order valence-electron chi connectivity index (χ3n) is 7.48. The number of unbranched alkanes of at least 4 members (excludes halogenated alkanes) is 2. The minimum atomic E-state index is 0.131. The lowest BCUT2D eigenvalue weighted by molar-refractivity contribution is -0.130. The number of terminal acetylenes is 1. The van der Waals surface area contributed by atoms with Crippen LogP contribution in [0.2, 0.25) is 0 Å². The fourth-order valence-electron chi connectivity index (χ4n) is 5.59. The highest BCUT2D eigenvalue weighted by atomic mass is 16.5. The van der Waals surface area contributed by atoms with Crippen LogP contribution in [0.5, 0.6) is 0 Å². The Hall–Kier alpha value is -1.26. The molecule has 28 heavy (non-hydrogen) atoms. The lowest BCUT2D eigenvalue weighted by Crippen LogP contribution is -2.46. The molecule has 1 aromatic carbocycles. The van der Waals surface area contributed by atoms with E-state index in [1.807, 2.05) is 0 Å². The minimum Gasteiger partial charge on any atom is -0.375 e. The van der Waals surface area contributed by atoms with Crippen molar-refractivity contribution < 1.29 is 4.74 Å². The number of aryl methyl sites for hydroxylation is 1. The molecule has 0 saturated heterocycles. The Kier molecular flexibility index (Phi) is 8.47. The molecule has 1 heteroatoms. The molecule has 2 aliphatic rings. The molecule has 1 aromatic rings. The molecule has 2 fully saturated rings. The highest BCUT2D eigenvalue weighted by Crippen LogP contribution is 2.45. The molecule has 154 valence electrons. The van der Waals surface area contributed by atoms with Gasteiger partial charge in [-0.3, -0.25) is 0 Å². The normalized spacial score (nSPS) is 19.4. The maximum atomic E-state index is 6.77. The molecule has 0 heterocycles. The van der Waals surface area contributed by atoms with Gasteiger partial charge < -0.3 is 4.74 Å². The summed E-state index contributed by atoms with van der Waals surface area (Å²) in [4.78, 5) is 0. The fourth-order valence-corrected chi connectivity index (χ4v) is 5.59. The maximum absolute atomic E-state index is 6.77. The summed E-state index contributed by atoms with van der Waals surface area (Å²) in [5, 5.41) is 0. The van der Waals surface area contributed by atoms with Gasteiger partial charge >= 0.3 is 0 Å². The van der Waals surface area contributed by atoms with Gasteiger partial charge in [0.1, 0.15) is 0 Å². The van der Waals surface area contributed by atoms with Crippen molar-refractivity contribution in [3.05, 3.63) is 35.4 Å². The lowest BCUT2D eigenvalue weighted by atomic mass is 9.67. The maximum Gasteiger partial charge on any atom is 0.0710 e. The van der Waals surface area contributed by atoms with Crippen LogP contribution in [0.15, 0.2) is 24.3 Å². The number of benzene rings is 1. The van der Waals surface area contributed by atoms with E-state index < -0.39 is 0 Å². The molecule has 3 rings (SSSR count). The van der Waals surface area contributed by atoms with Crippen molar-refractivity contribution in [2.45, 2.75) is 102 Å². The molecule has 0 aliphatic heterocycles. The van der Waals surface area contributed by atoms with E-state index in [-0.39, 0.29) is 5.60 Å². The van der Waals surface area contributed by atoms with E-state index >= 15 is 0 Å². The summed E-state index contributed by atoms with van der Waals surface area (Å²) in [5.74, 6) is 4.27. The molecule has 0 atom stereocenters. The van der Waals surface area contributed by atoms with E-state index in [9.17, 15) is 0 Å². The molecule has 0 amide bonds. The van der Waals surface area contributed by atoms with Crippen LogP contribution in [0.1, 0.15) is 102 Å². The average Bonchev–Trinajstić information content (AvgIpc) is 2.77. The molecule has 2 saturated carbocycles. The standard InChI is InChI=1S/C27H40O/c1-3-23-18-20-24(21-19-23)13-7-6-12-22-28-27(2,25-14-8-4-9-15-25)26-16-10-5-11-17-26/h1,18-21,25-26H,4-17,22H2,2H3. The number of rotatable bonds is 9. The van der Waals surface area contributed by atoms with E-state index in [2.05, 4.69) is 37.1 Å². The van der Waals surface area contributed by atoms with Gasteiger partial charge in [-0.05, 0) is 81.4 Å². The summed E-state index contributed by atoms with van der Waals surface area (Å²) in [6.45, 7) is 3.42. The van der Waals surface area contributed by atoms with Crippen molar-refractivity contribution in [2.24, 2.45) is 11.8 Å². The lowest BCUT2D eigenvalue weighted by Gasteiger charge is -2.47. The SMILES string of the molecule is C#Cc1ccc(CCCCCOC(C)(C2CCCCC2)C2CCCCC2)cc1. The van der Waals surface area contributed by atoms with E-state index in [1.165, 1.54) is 89.0 Å². The van der Waals surface area contributed by atoms with Crippen molar-refractivity contribution in [3.63, 3.8) is 0 Å². The van der Waals surface area contributed by atoms with E-state index in [0.29, 0.717) is 0 Å². The molecular formula is C27H40O. The number of hydrogen-bond donors (Lipinski definition) is 0. The van der Waals surface area contributed by atoms with Gasteiger partial charge in [0, 0.05) is 12.2 Å². The zero-order valence-corrected chi connectivity index (χ0v) is 18.1. The van der Waals surface area contributed by atoms with Gasteiger partial charge in [-0.1, -0.05) is 63.0 Å². The van der Waals surface area contributed by atoms with Crippen LogP contribution < -0.4 is 0 Å². The second kappa shape index (κ2) is 11.1. The summed E-state index contributed by atoms with van der Waals surface area (Å²) >= 11 is 0. The first-order chi connectivity index (χ1) is 13.7. The Morgan fingerprint density at radius 3 is 1.96 bits per heavy atom. The Balaban J connectivity index is 1.43. The number of hydrogen-bond acceptors (Lipinski definition) is 1. The van der Waals surface area contributed by atoms with Crippen LogP contribution in [-0.4, -0.2) is 12.2 Å². The summed E-state index contributed by atoms with van der Waals surface area (Å²) < 4.78 is 6.77. The number of ether oxygens (including phenoxy) is 1. The molecule has 0 unspecified atom stereocenters. The van der Waals surface area contributed by atoms with Gasteiger partial charge in [-0.25, -0.2) is 0 Å². The van der Waals surface area contributed by atoms with Gasteiger partial charge in [0.25, 0.3) is 0 Å². The first-order valence-electron chi connectivity index (χ1n) is 11.9. The highest BCUT2D eigenvalue weighted by molar-refractivity contribution is 5.34. The van der Waals surface area contributed by atoms with Crippen LogP contribution in [0.3, 0.4) is 0 Å². The first-order valence-corrected chi connectivity index (χ1v) is 11.9. The van der Waals surface area contributed by atoms with Crippen molar-refractivity contribution >= 4 is 0 Å². The van der Waals surface area contributed by atoms with Gasteiger partial charge in [0.05, 0.1) is 5.60 Å². The van der Waals surface area contributed by atoms with Crippen LogP contribution >= 0.6 is 0 Å². The van der Waals surface area contributed by atoms with Crippen LogP contribution in [-0.2, 0) is 11.2 Å². The van der Waals surface area contributed by atoms with Crippen molar-refractivity contribution in [1.82, 2.24) is 0 Å². The Labute approximate surface area is 173 Å². The van der Waals surface area contributed by atoms with E-state index in [0.717, 1.165) is 30.4 Å². The molecule has 0 N–H and O–H groups in total. The Morgan fingerprint density at radius 1 is 0.857 bits per heavy atom. The minimum absolute atomic E-state index is 0.131. The second-order valence-corrected chi connectivity index (χ2v) is 9.35. The van der Waals surface area contributed by atoms with Crippen LogP contribution in [0.25, 0.3) is 0 Å². The van der Waals surface area contributed by atoms with Gasteiger partial charge in [-0.2, -0.15) is 0 Å². The smallest absolute Gasteiger partial charge is 0.0710 e. The van der Waals surface area contributed by atoms with E-state index in [4.69, 9.17) is 11.2 Å². The summed E-state index contributed by atoms with van der Waals surface area (Å²) in [5.41, 5.74) is 2.50. The van der Waals surface area contributed by atoms with Crippen LogP contribution in [0, 0.1) is 24.2 Å². The molecule has 2 aliphatic carbocycles. The monoisotopic (exact) mass is 380 g/mol. The Bertz CT molecular complexity index is 578. The zero-order chi connectivity index (χ0) is 19.7. The summed E-state index contributed by atoms with van der Waals surface area (Å²) in [7, 11) is 0. The second-order valence-electron chi connectivity index (χ2n) is 9.35. The zero-order valence-electron chi connectivity index (χ0n) is 18.1. The van der Waals surface area contributed by atoms with E-state index in [1.54, 1.807) is 0 Å². The van der Waals surface area contributed by atoms with Gasteiger partial charge in [0.15, 0.2) is 0 Å². The Morgan fingerprint density at radius 2 is 1.43 bits per heavy atom. The van der Waals surface area contributed by atoms with Crippen molar-refractivity contribution in [2.75, 3.05) is 6.61 Å². The molecular weight excluding hydrogens is 340 g/mol. The fraction of sp³-hybridized carbons (Fsp3) is 0.704. The van der Waals surface area contributed by atoms with Gasteiger partial charge in [0.2, 0.25) is 0 Å². The predicted molar refractivity (Wildman–Crippen MR) is 119 cm³/mol. The molecule has 0 spiro atoms. The molecule has 0 bridgehead atoms. The topological polar surface area (TPSA) is 9.23 Å². The molecule has 0 aromatic heterocycles. The third kappa shape index (κ3) is 5.87. The van der Waals surface area contributed by atoms with Gasteiger partial charge in [-0.15, -0.1) is 6.42 Å². The third-order valence-corrected chi connectivity index (χ3v) is 7.48. The quantitative estimate of drug-likeness (QED) is 0.322. The van der Waals surface area contributed by atoms with Crippen LogP contribution in [0.4, 0.5) is 0 Å². The summed E-state index contributed by atoms with van der Waals surface area (Å²) in [6.07, 6.45) is 24.3. The highest BCUT2D eigenvalue weighted by Gasteiger charge is 2.42.